The lowest BCUT2D eigenvalue weighted by Crippen LogP contribution is -2.54. The monoisotopic (exact) mass is 197 g/mol. The zero-order chi connectivity index (χ0) is 10.0. The minimum Gasteiger partial charge on any atom is -0.328 e. The second kappa shape index (κ2) is 4.17. The summed E-state index contributed by atoms with van der Waals surface area (Å²) in [5.74, 6) is 0.733. The minimum absolute atomic E-state index is 0.109. The standard InChI is InChI=1S/C11H23N3/c12-10-1-5-11(13,6-2-10)9-3-7-14-8-4-9/h9-10,14H,1-8,12-13H2. The number of nitrogens with one attached hydrogen (secondary N) is 1. The summed E-state index contributed by atoms with van der Waals surface area (Å²) in [6.07, 6.45) is 7.04. The summed E-state index contributed by atoms with van der Waals surface area (Å²) in [7, 11) is 0. The number of hydrogen-bond acceptors (Lipinski definition) is 3. The molecule has 1 heterocycles. The SMILES string of the molecule is NC1CCC(N)(C2CCNCC2)CC1. The molecule has 0 bridgehead atoms. The molecule has 0 aromatic rings. The lowest BCUT2D eigenvalue weighted by Gasteiger charge is -2.44. The second-order valence-electron chi connectivity index (χ2n) is 5.09. The highest BCUT2D eigenvalue weighted by Crippen LogP contribution is 2.35. The first-order chi connectivity index (χ1) is 6.71. The number of rotatable bonds is 1. The van der Waals surface area contributed by atoms with Crippen molar-refractivity contribution in [1.29, 1.82) is 0 Å². The Morgan fingerprint density at radius 2 is 1.57 bits per heavy atom. The van der Waals surface area contributed by atoms with Crippen LogP contribution in [0.5, 0.6) is 0 Å². The average Bonchev–Trinajstić information content (AvgIpc) is 2.24. The van der Waals surface area contributed by atoms with E-state index in [-0.39, 0.29) is 5.54 Å². The molecular weight excluding hydrogens is 174 g/mol. The van der Waals surface area contributed by atoms with Crippen LogP contribution >= 0.6 is 0 Å². The van der Waals surface area contributed by atoms with Gasteiger partial charge in [0.1, 0.15) is 0 Å². The summed E-state index contributed by atoms with van der Waals surface area (Å²) in [5.41, 5.74) is 12.5. The van der Waals surface area contributed by atoms with Crippen LogP contribution in [0.1, 0.15) is 38.5 Å². The van der Waals surface area contributed by atoms with Crippen LogP contribution in [0, 0.1) is 5.92 Å². The molecule has 1 saturated heterocycles. The smallest absolute Gasteiger partial charge is 0.0184 e. The van der Waals surface area contributed by atoms with E-state index in [0.29, 0.717) is 6.04 Å². The molecule has 0 spiro atoms. The normalized spacial score (nSPS) is 41.1. The van der Waals surface area contributed by atoms with Crippen molar-refractivity contribution in [3.05, 3.63) is 0 Å². The first-order valence-corrected chi connectivity index (χ1v) is 5.96. The zero-order valence-corrected chi connectivity index (χ0v) is 8.97. The molecule has 1 saturated carbocycles. The summed E-state index contributed by atoms with van der Waals surface area (Å²) in [6.45, 7) is 2.30. The van der Waals surface area contributed by atoms with Crippen molar-refractivity contribution >= 4 is 0 Å². The van der Waals surface area contributed by atoms with Gasteiger partial charge in [-0.05, 0) is 57.5 Å². The molecule has 14 heavy (non-hydrogen) atoms. The van der Waals surface area contributed by atoms with Gasteiger partial charge in [0.25, 0.3) is 0 Å². The van der Waals surface area contributed by atoms with Gasteiger partial charge in [-0.3, -0.25) is 0 Å². The van der Waals surface area contributed by atoms with E-state index in [1.807, 2.05) is 0 Å². The van der Waals surface area contributed by atoms with Gasteiger partial charge in [-0.25, -0.2) is 0 Å². The van der Waals surface area contributed by atoms with Crippen molar-refractivity contribution in [2.75, 3.05) is 13.1 Å². The Kier molecular flexibility index (Phi) is 3.10. The quantitative estimate of drug-likeness (QED) is 0.576. The Morgan fingerprint density at radius 1 is 1.00 bits per heavy atom. The van der Waals surface area contributed by atoms with E-state index in [0.717, 1.165) is 44.7 Å². The van der Waals surface area contributed by atoms with Crippen molar-refractivity contribution in [3.8, 4) is 0 Å². The molecule has 5 N–H and O–H groups in total. The van der Waals surface area contributed by atoms with Gasteiger partial charge in [-0.1, -0.05) is 0 Å². The molecule has 0 radical (unpaired) electrons. The van der Waals surface area contributed by atoms with Crippen LogP contribution in [0.15, 0.2) is 0 Å². The summed E-state index contributed by atoms with van der Waals surface area (Å²) < 4.78 is 0. The largest absolute Gasteiger partial charge is 0.328 e. The van der Waals surface area contributed by atoms with Crippen LogP contribution in [-0.2, 0) is 0 Å². The predicted molar refractivity (Wildman–Crippen MR) is 59.0 cm³/mol. The molecule has 3 heteroatoms. The molecule has 3 nitrogen and oxygen atoms in total. The Bertz CT molecular complexity index is 179. The van der Waals surface area contributed by atoms with E-state index >= 15 is 0 Å². The lowest BCUT2D eigenvalue weighted by atomic mass is 9.69. The molecular formula is C11H23N3. The zero-order valence-electron chi connectivity index (χ0n) is 8.97. The van der Waals surface area contributed by atoms with E-state index in [1.54, 1.807) is 0 Å². The highest BCUT2D eigenvalue weighted by molar-refractivity contribution is 4.97. The topological polar surface area (TPSA) is 64.1 Å². The maximum atomic E-state index is 6.51. The lowest BCUT2D eigenvalue weighted by molar-refractivity contribution is 0.152. The van der Waals surface area contributed by atoms with Gasteiger partial charge in [-0.2, -0.15) is 0 Å². The molecule has 2 fully saturated rings. The maximum absolute atomic E-state index is 6.51. The molecule has 0 aromatic heterocycles. The van der Waals surface area contributed by atoms with E-state index in [2.05, 4.69) is 5.32 Å². The van der Waals surface area contributed by atoms with Gasteiger partial charge in [0.15, 0.2) is 0 Å². The molecule has 82 valence electrons. The van der Waals surface area contributed by atoms with E-state index in [9.17, 15) is 0 Å². The number of hydrogen-bond donors (Lipinski definition) is 3. The van der Waals surface area contributed by atoms with Gasteiger partial charge in [0, 0.05) is 11.6 Å². The summed E-state index contributed by atoms with van der Waals surface area (Å²) in [6, 6.07) is 0.411. The highest BCUT2D eigenvalue weighted by Gasteiger charge is 2.37. The summed E-state index contributed by atoms with van der Waals surface area (Å²) >= 11 is 0. The van der Waals surface area contributed by atoms with Crippen molar-refractivity contribution in [3.63, 3.8) is 0 Å². The predicted octanol–water partition coefficient (Wildman–Crippen LogP) is 0.585. The number of piperidine rings is 1. The Hall–Kier alpha value is -0.120. The van der Waals surface area contributed by atoms with Crippen LogP contribution in [-0.4, -0.2) is 24.7 Å². The van der Waals surface area contributed by atoms with Gasteiger partial charge in [0.2, 0.25) is 0 Å². The Balaban J connectivity index is 1.93. The maximum Gasteiger partial charge on any atom is 0.0184 e. The van der Waals surface area contributed by atoms with Crippen LogP contribution in [0.3, 0.4) is 0 Å². The molecule has 2 aliphatic rings. The minimum atomic E-state index is 0.109. The van der Waals surface area contributed by atoms with E-state index in [4.69, 9.17) is 11.5 Å². The average molecular weight is 197 g/mol. The highest BCUT2D eigenvalue weighted by atomic mass is 14.9. The molecule has 0 aromatic carbocycles. The van der Waals surface area contributed by atoms with E-state index in [1.165, 1.54) is 12.8 Å². The number of nitrogens with two attached hydrogens (primary N) is 2. The summed E-state index contributed by atoms with van der Waals surface area (Å²) in [4.78, 5) is 0. The third kappa shape index (κ3) is 2.10. The van der Waals surface area contributed by atoms with Crippen molar-refractivity contribution in [2.24, 2.45) is 17.4 Å². The first kappa shape index (κ1) is 10.4. The molecule has 0 amide bonds. The third-order valence-electron chi connectivity index (χ3n) is 4.11. The van der Waals surface area contributed by atoms with E-state index < -0.39 is 0 Å². The Morgan fingerprint density at radius 3 is 2.14 bits per heavy atom. The van der Waals surface area contributed by atoms with Gasteiger partial charge in [-0.15, -0.1) is 0 Å². The Labute approximate surface area is 86.6 Å². The van der Waals surface area contributed by atoms with Crippen LogP contribution in [0.25, 0.3) is 0 Å². The van der Waals surface area contributed by atoms with Crippen molar-refractivity contribution < 1.29 is 0 Å². The fraction of sp³-hybridized carbons (Fsp3) is 1.00. The molecule has 2 rings (SSSR count). The first-order valence-electron chi connectivity index (χ1n) is 5.96. The van der Waals surface area contributed by atoms with Gasteiger partial charge in [0.05, 0.1) is 0 Å². The fourth-order valence-corrected chi connectivity index (χ4v) is 2.98. The van der Waals surface area contributed by atoms with Crippen LogP contribution in [0.2, 0.25) is 0 Å². The molecule has 1 aliphatic carbocycles. The molecule has 0 unspecified atom stereocenters. The van der Waals surface area contributed by atoms with Crippen molar-refractivity contribution in [2.45, 2.75) is 50.1 Å². The van der Waals surface area contributed by atoms with Gasteiger partial charge >= 0.3 is 0 Å². The van der Waals surface area contributed by atoms with Gasteiger partial charge < -0.3 is 16.8 Å². The molecule has 0 atom stereocenters. The van der Waals surface area contributed by atoms with Crippen LogP contribution in [0.4, 0.5) is 0 Å². The fourth-order valence-electron chi connectivity index (χ4n) is 2.98. The molecule has 1 aliphatic heterocycles. The third-order valence-corrected chi connectivity index (χ3v) is 4.11. The van der Waals surface area contributed by atoms with Crippen LogP contribution < -0.4 is 16.8 Å². The van der Waals surface area contributed by atoms with Crippen molar-refractivity contribution in [1.82, 2.24) is 5.32 Å². The second-order valence-corrected chi connectivity index (χ2v) is 5.09. The summed E-state index contributed by atoms with van der Waals surface area (Å²) in [5, 5.41) is 3.40.